The number of pyridine rings is 1. The zero-order valence-electron chi connectivity index (χ0n) is 10.4. The van der Waals surface area contributed by atoms with E-state index >= 15 is 0 Å². The van der Waals surface area contributed by atoms with Gasteiger partial charge < -0.3 is 0 Å². The molecule has 5 nitrogen and oxygen atoms in total. The van der Waals surface area contributed by atoms with E-state index in [0.29, 0.717) is 5.02 Å². The van der Waals surface area contributed by atoms with E-state index in [9.17, 15) is 18.4 Å². The quantitative estimate of drug-likeness (QED) is 0.659. The molecule has 0 fully saturated rings. The van der Waals surface area contributed by atoms with Crippen LogP contribution in [0.5, 0.6) is 0 Å². The largest absolute Gasteiger partial charge is 0.274 e. The minimum Gasteiger partial charge on any atom is -0.267 e. The normalized spacial score (nSPS) is 10.0. The predicted molar refractivity (Wildman–Crippen MR) is 70.5 cm³/mol. The van der Waals surface area contributed by atoms with Crippen molar-refractivity contribution in [3.8, 4) is 0 Å². The highest BCUT2D eigenvalue weighted by Gasteiger charge is 2.14. The molecule has 0 radical (unpaired) electrons. The van der Waals surface area contributed by atoms with Crippen molar-refractivity contribution < 1.29 is 18.4 Å². The minimum atomic E-state index is -1.27. The Labute approximate surface area is 122 Å². The summed E-state index contributed by atoms with van der Waals surface area (Å²) in [7, 11) is 0. The molecular formula is C13H8ClF2N3O2. The zero-order chi connectivity index (χ0) is 15.4. The van der Waals surface area contributed by atoms with Gasteiger partial charge in [0.15, 0.2) is 0 Å². The van der Waals surface area contributed by atoms with Gasteiger partial charge in [0.1, 0.15) is 0 Å². The van der Waals surface area contributed by atoms with Crippen LogP contribution in [0.2, 0.25) is 5.02 Å². The number of carbonyl (C=O) groups excluding carboxylic acids is 2. The summed E-state index contributed by atoms with van der Waals surface area (Å²) in [5, 5.41) is 0.454. The second-order valence-corrected chi connectivity index (χ2v) is 4.32. The van der Waals surface area contributed by atoms with Crippen molar-refractivity contribution in [1.29, 1.82) is 0 Å². The fourth-order valence-corrected chi connectivity index (χ4v) is 1.56. The average Bonchev–Trinajstić information content (AvgIpc) is 2.45. The van der Waals surface area contributed by atoms with E-state index in [4.69, 9.17) is 11.6 Å². The Morgan fingerprint density at radius 3 is 2.19 bits per heavy atom. The van der Waals surface area contributed by atoms with Crippen molar-refractivity contribution in [1.82, 2.24) is 15.8 Å². The minimum absolute atomic E-state index is 0.248. The number of hydrazine groups is 1. The third-order valence-electron chi connectivity index (χ3n) is 2.46. The van der Waals surface area contributed by atoms with Crippen molar-refractivity contribution in [2.75, 3.05) is 0 Å². The van der Waals surface area contributed by atoms with Crippen molar-refractivity contribution in [3.05, 3.63) is 64.4 Å². The highest BCUT2D eigenvalue weighted by molar-refractivity contribution is 6.30. The first kappa shape index (κ1) is 14.9. The Bertz CT molecular complexity index is 692. The van der Waals surface area contributed by atoms with Crippen molar-refractivity contribution in [2.45, 2.75) is 0 Å². The second-order valence-electron chi connectivity index (χ2n) is 3.89. The lowest BCUT2D eigenvalue weighted by atomic mass is 10.2. The van der Waals surface area contributed by atoms with E-state index in [1.54, 1.807) is 0 Å². The molecule has 0 saturated heterocycles. The molecule has 1 aromatic heterocycles. The molecule has 1 heterocycles. The lowest BCUT2D eigenvalue weighted by molar-refractivity contribution is 0.0843. The van der Waals surface area contributed by atoms with Gasteiger partial charge in [-0.25, -0.2) is 0 Å². The van der Waals surface area contributed by atoms with E-state index in [-0.39, 0.29) is 5.56 Å². The van der Waals surface area contributed by atoms with Gasteiger partial charge in [0, 0.05) is 10.6 Å². The summed E-state index contributed by atoms with van der Waals surface area (Å²) < 4.78 is 25.9. The lowest BCUT2D eigenvalue weighted by Gasteiger charge is -2.07. The summed E-state index contributed by atoms with van der Waals surface area (Å²) in [6.45, 7) is 0. The standard InChI is InChI=1S/C13H8ClF2N3O2/c14-8-3-1-7(2-4-8)12(20)18-19-13(21)9-5-6-10(15)17-11(9)16/h1-6H,(H,18,20)(H,19,21). The molecule has 0 aliphatic carbocycles. The van der Waals surface area contributed by atoms with E-state index in [1.807, 2.05) is 5.43 Å². The van der Waals surface area contributed by atoms with Gasteiger partial charge in [0.25, 0.3) is 11.8 Å². The van der Waals surface area contributed by atoms with Crippen LogP contribution in [-0.2, 0) is 0 Å². The molecule has 2 aromatic rings. The molecule has 108 valence electrons. The molecule has 21 heavy (non-hydrogen) atoms. The Balaban J connectivity index is 2.00. The van der Waals surface area contributed by atoms with E-state index in [2.05, 4.69) is 10.4 Å². The molecule has 0 saturated carbocycles. The maximum atomic E-state index is 13.3. The molecule has 0 unspecified atom stereocenters. The molecule has 0 aliphatic heterocycles. The van der Waals surface area contributed by atoms with Crippen LogP contribution in [0.25, 0.3) is 0 Å². The van der Waals surface area contributed by atoms with Crippen LogP contribution in [0.15, 0.2) is 36.4 Å². The summed E-state index contributed by atoms with van der Waals surface area (Å²) >= 11 is 5.67. The zero-order valence-corrected chi connectivity index (χ0v) is 11.1. The second kappa shape index (κ2) is 6.27. The Kier molecular flexibility index (Phi) is 4.44. The van der Waals surface area contributed by atoms with Crippen molar-refractivity contribution >= 4 is 23.4 Å². The number of aromatic nitrogens is 1. The molecule has 8 heteroatoms. The number of rotatable bonds is 2. The van der Waals surface area contributed by atoms with E-state index in [1.165, 1.54) is 24.3 Å². The van der Waals surface area contributed by atoms with Gasteiger partial charge in [-0.2, -0.15) is 13.8 Å². The smallest absolute Gasteiger partial charge is 0.267 e. The van der Waals surface area contributed by atoms with Gasteiger partial charge in [0.2, 0.25) is 11.9 Å². The number of amides is 2. The third kappa shape index (κ3) is 3.73. The molecular weight excluding hydrogens is 304 g/mol. The first-order valence-corrected chi connectivity index (χ1v) is 6.03. The summed E-state index contributed by atoms with van der Waals surface area (Å²) in [5.41, 5.74) is 3.84. The van der Waals surface area contributed by atoms with Gasteiger partial charge in [-0.1, -0.05) is 11.6 Å². The predicted octanol–water partition coefficient (Wildman–Crippen LogP) is 2.09. The van der Waals surface area contributed by atoms with Crippen molar-refractivity contribution in [3.63, 3.8) is 0 Å². The number of hydrogen-bond acceptors (Lipinski definition) is 3. The first-order valence-electron chi connectivity index (χ1n) is 5.65. The molecule has 2 N–H and O–H groups in total. The summed E-state index contributed by atoms with van der Waals surface area (Å²) in [6.07, 6.45) is 0. The molecule has 0 bridgehead atoms. The van der Waals surface area contributed by atoms with E-state index in [0.717, 1.165) is 12.1 Å². The Morgan fingerprint density at radius 1 is 0.952 bits per heavy atom. The third-order valence-corrected chi connectivity index (χ3v) is 2.71. The summed E-state index contributed by atoms with van der Waals surface area (Å²) in [4.78, 5) is 26.2. The van der Waals surface area contributed by atoms with Gasteiger partial charge in [-0.15, -0.1) is 0 Å². The maximum Gasteiger partial charge on any atom is 0.274 e. The molecule has 1 aromatic carbocycles. The van der Waals surface area contributed by atoms with Crippen LogP contribution in [0, 0.1) is 11.9 Å². The summed E-state index contributed by atoms with van der Waals surface area (Å²) in [5.74, 6) is -3.89. The topological polar surface area (TPSA) is 71.1 Å². The monoisotopic (exact) mass is 311 g/mol. The molecule has 0 aliphatic rings. The SMILES string of the molecule is O=C(NNC(=O)c1ccc(F)nc1F)c1ccc(Cl)cc1. The molecule has 0 spiro atoms. The molecule has 0 atom stereocenters. The van der Waals surface area contributed by atoms with Gasteiger partial charge in [-0.3, -0.25) is 20.4 Å². The summed E-state index contributed by atoms with van der Waals surface area (Å²) in [6, 6.07) is 7.65. The van der Waals surface area contributed by atoms with Crippen LogP contribution in [0.1, 0.15) is 20.7 Å². The van der Waals surface area contributed by atoms with Gasteiger partial charge in [0.05, 0.1) is 5.56 Å². The van der Waals surface area contributed by atoms with Crippen LogP contribution >= 0.6 is 11.6 Å². The fraction of sp³-hybridized carbons (Fsp3) is 0. The maximum absolute atomic E-state index is 13.3. The highest BCUT2D eigenvalue weighted by atomic mass is 35.5. The number of halogens is 3. The van der Waals surface area contributed by atoms with Crippen molar-refractivity contribution in [2.24, 2.45) is 0 Å². The lowest BCUT2D eigenvalue weighted by Crippen LogP contribution is -2.42. The number of nitrogens with zero attached hydrogens (tertiary/aromatic N) is 1. The molecule has 2 rings (SSSR count). The first-order chi connectivity index (χ1) is 9.97. The van der Waals surface area contributed by atoms with Gasteiger partial charge in [-0.05, 0) is 36.4 Å². The average molecular weight is 312 g/mol. The molecule has 2 amide bonds. The number of hydrogen-bond donors (Lipinski definition) is 2. The van der Waals surface area contributed by atoms with E-state index < -0.39 is 29.3 Å². The van der Waals surface area contributed by atoms with Crippen LogP contribution in [0.3, 0.4) is 0 Å². The van der Waals surface area contributed by atoms with Gasteiger partial charge >= 0.3 is 0 Å². The Hall–Kier alpha value is -2.54. The number of nitrogens with one attached hydrogen (secondary N) is 2. The fourth-order valence-electron chi connectivity index (χ4n) is 1.44. The number of benzene rings is 1. The number of carbonyl (C=O) groups is 2. The Morgan fingerprint density at radius 2 is 1.57 bits per heavy atom. The highest BCUT2D eigenvalue weighted by Crippen LogP contribution is 2.09. The van der Waals surface area contributed by atoms with Crippen LogP contribution in [0.4, 0.5) is 8.78 Å². The van der Waals surface area contributed by atoms with Crippen LogP contribution in [-0.4, -0.2) is 16.8 Å². The van der Waals surface area contributed by atoms with Crippen LogP contribution < -0.4 is 10.9 Å².